The number of nitrogens with two attached hydrogens (primary N) is 1. The summed E-state index contributed by atoms with van der Waals surface area (Å²) in [6.07, 6.45) is 3.79. The first kappa shape index (κ1) is 12.7. The van der Waals surface area contributed by atoms with E-state index >= 15 is 0 Å². The van der Waals surface area contributed by atoms with Crippen LogP contribution in [0.25, 0.3) is 4.96 Å². The summed E-state index contributed by atoms with van der Waals surface area (Å²) in [7, 11) is -1.30. The fourth-order valence-electron chi connectivity index (χ4n) is 1.82. The molecule has 0 fully saturated rings. The number of nitrogens with zero attached hydrogens (tertiary/aromatic N) is 2. The summed E-state index contributed by atoms with van der Waals surface area (Å²) < 4.78 is 14.3. The lowest BCUT2D eigenvalue weighted by molar-refractivity contribution is 0.682. The van der Waals surface area contributed by atoms with Crippen molar-refractivity contribution in [3.63, 3.8) is 0 Å². The fourth-order valence-corrected chi connectivity index (χ4v) is 4.15. The van der Waals surface area contributed by atoms with Crippen LogP contribution in [-0.2, 0) is 16.6 Å². The van der Waals surface area contributed by atoms with Gasteiger partial charge in [-0.05, 0) is 12.1 Å². The molecule has 3 aromatic rings. The maximum Gasteiger partial charge on any atom is 0.193 e. The Morgan fingerprint density at radius 3 is 3.05 bits per heavy atom. The molecule has 1 atom stereocenters. The number of hydrogen-bond acceptors (Lipinski definition) is 4. The molecule has 1 aromatic carbocycles. The first-order chi connectivity index (χ1) is 9.15. The molecule has 2 aromatic heterocycles. The molecular formula is C12H10ClN3OS2. The lowest BCUT2D eigenvalue weighted by Gasteiger charge is -2.06. The average Bonchev–Trinajstić information content (AvgIpc) is 2.89. The topological polar surface area (TPSA) is 60.4 Å². The molecule has 3 rings (SSSR count). The Hall–Kier alpha value is -1.37. The number of imidazole rings is 1. The van der Waals surface area contributed by atoms with Gasteiger partial charge in [-0.3, -0.25) is 8.61 Å². The number of fused-ring (bicyclic) bond motifs is 1. The molecule has 4 nitrogen and oxygen atoms in total. The van der Waals surface area contributed by atoms with Crippen LogP contribution in [-0.4, -0.2) is 13.6 Å². The van der Waals surface area contributed by atoms with Gasteiger partial charge < -0.3 is 5.73 Å². The van der Waals surface area contributed by atoms with Crippen molar-refractivity contribution in [2.45, 2.75) is 10.6 Å². The summed E-state index contributed by atoms with van der Waals surface area (Å²) in [5, 5.41) is 2.38. The summed E-state index contributed by atoms with van der Waals surface area (Å²) in [6.45, 7) is 0. The number of aromatic nitrogens is 2. The van der Waals surface area contributed by atoms with E-state index in [1.807, 2.05) is 22.2 Å². The summed E-state index contributed by atoms with van der Waals surface area (Å²) in [5.74, 6) is 0.308. The van der Waals surface area contributed by atoms with Crippen molar-refractivity contribution >= 4 is 44.4 Å². The van der Waals surface area contributed by atoms with Gasteiger partial charge >= 0.3 is 0 Å². The molecule has 0 saturated heterocycles. The zero-order valence-corrected chi connectivity index (χ0v) is 12.1. The van der Waals surface area contributed by atoms with E-state index in [9.17, 15) is 4.21 Å². The highest BCUT2D eigenvalue weighted by atomic mass is 35.5. The highest BCUT2D eigenvalue weighted by Crippen LogP contribution is 2.27. The van der Waals surface area contributed by atoms with Gasteiger partial charge in [0.25, 0.3) is 0 Å². The Labute approximate surface area is 121 Å². The smallest absolute Gasteiger partial charge is 0.193 e. The highest BCUT2D eigenvalue weighted by Gasteiger charge is 2.14. The van der Waals surface area contributed by atoms with E-state index in [0.717, 1.165) is 10.7 Å². The molecule has 1 unspecified atom stereocenters. The van der Waals surface area contributed by atoms with Gasteiger partial charge in [0, 0.05) is 23.5 Å². The van der Waals surface area contributed by atoms with Crippen LogP contribution in [0.2, 0.25) is 5.02 Å². The van der Waals surface area contributed by atoms with Gasteiger partial charge in [0.05, 0.1) is 32.2 Å². The Morgan fingerprint density at radius 2 is 2.32 bits per heavy atom. The molecule has 0 spiro atoms. The minimum Gasteiger partial charge on any atom is -0.398 e. The molecule has 0 saturated carbocycles. The number of halogens is 1. The van der Waals surface area contributed by atoms with Crippen molar-refractivity contribution < 1.29 is 4.21 Å². The van der Waals surface area contributed by atoms with E-state index in [4.69, 9.17) is 17.3 Å². The van der Waals surface area contributed by atoms with Crippen molar-refractivity contribution in [2.75, 3.05) is 5.73 Å². The van der Waals surface area contributed by atoms with Crippen molar-refractivity contribution in [1.82, 2.24) is 9.38 Å². The van der Waals surface area contributed by atoms with Gasteiger partial charge in [0.2, 0.25) is 0 Å². The molecule has 0 bridgehead atoms. The Morgan fingerprint density at radius 1 is 1.47 bits per heavy atom. The quantitative estimate of drug-likeness (QED) is 0.757. The zero-order valence-electron chi connectivity index (χ0n) is 9.75. The normalized spacial score (nSPS) is 12.9. The molecule has 2 N–H and O–H groups in total. The van der Waals surface area contributed by atoms with Crippen molar-refractivity contribution in [1.29, 1.82) is 0 Å². The molecular weight excluding hydrogens is 302 g/mol. The second-order valence-electron chi connectivity index (χ2n) is 3.97. The predicted octanol–water partition coefficient (Wildman–Crippen LogP) is 2.94. The molecule has 7 heteroatoms. The molecule has 0 aliphatic carbocycles. The van der Waals surface area contributed by atoms with Gasteiger partial charge in [-0.25, -0.2) is 4.98 Å². The molecule has 0 radical (unpaired) electrons. The van der Waals surface area contributed by atoms with Gasteiger partial charge in [-0.2, -0.15) is 0 Å². The van der Waals surface area contributed by atoms with E-state index in [-0.39, 0.29) is 0 Å². The summed E-state index contributed by atoms with van der Waals surface area (Å²) >= 11 is 7.59. The SMILES string of the molecule is Nc1cccc(Cl)c1S(=O)Cc1cn2ccsc2n1. The highest BCUT2D eigenvalue weighted by molar-refractivity contribution is 7.84. The van der Waals surface area contributed by atoms with Crippen LogP contribution in [0.5, 0.6) is 0 Å². The number of thiazole rings is 1. The standard InChI is InChI=1S/C12H10ClN3OS2/c13-9-2-1-3-10(14)11(9)19(17)7-8-6-16-4-5-18-12(16)15-8/h1-6H,7,14H2. The van der Waals surface area contributed by atoms with E-state index in [2.05, 4.69) is 4.98 Å². The number of anilines is 1. The number of rotatable bonds is 3. The third-order valence-corrected chi connectivity index (χ3v) is 5.31. The summed E-state index contributed by atoms with van der Waals surface area (Å²) in [4.78, 5) is 5.78. The lowest BCUT2D eigenvalue weighted by atomic mass is 10.3. The van der Waals surface area contributed by atoms with E-state index in [1.54, 1.807) is 18.2 Å². The lowest BCUT2D eigenvalue weighted by Crippen LogP contribution is -2.02. The third-order valence-electron chi connectivity index (χ3n) is 2.65. The Kier molecular flexibility index (Phi) is 3.30. The van der Waals surface area contributed by atoms with Gasteiger partial charge in [0.1, 0.15) is 0 Å². The first-order valence-corrected chi connectivity index (χ1v) is 8.06. The summed E-state index contributed by atoms with van der Waals surface area (Å²) in [6, 6.07) is 5.13. The van der Waals surface area contributed by atoms with Crippen LogP contribution < -0.4 is 5.73 Å². The Bertz CT molecular complexity index is 717. The maximum atomic E-state index is 12.4. The molecule has 98 valence electrons. The van der Waals surface area contributed by atoms with Crippen LogP contribution in [0.15, 0.2) is 40.9 Å². The summed E-state index contributed by atoms with van der Waals surface area (Å²) in [5.41, 5.74) is 7.05. The van der Waals surface area contributed by atoms with Crippen LogP contribution in [0.1, 0.15) is 5.69 Å². The van der Waals surface area contributed by atoms with Crippen LogP contribution in [0.4, 0.5) is 5.69 Å². The van der Waals surface area contributed by atoms with Crippen molar-refractivity contribution in [3.8, 4) is 0 Å². The zero-order chi connectivity index (χ0) is 13.4. The molecule has 0 aliphatic rings. The fraction of sp³-hybridized carbons (Fsp3) is 0.0833. The van der Waals surface area contributed by atoms with Gasteiger partial charge in [-0.15, -0.1) is 11.3 Å². The minimum atomic E-state index is -1.30. The maximum absolute atomic E-state index is 12.4. The monoisotopic (exact) mass is 311 g/mol. The average molecular weight is 312 g/mol. The largest absolute Gasteiger partial charge is 0.398 e. The molecule has 0 aliphatic heterocycles. The second kappa shape index (κ2) is 4.96. The number of hydrogen-bond donors (Lipinski definition) is 1. The van der Waals surface area contributed by atoms with Gasteiger partial charge in [0.15, 0.2) is 4.96 Å². The molecule has 0 amide bonds. The van der Waals surface area contributed by atoms with Gasteiger partial charge in [-0.1, -0.05) is 17.7 Å². The molecule has 2 heterocycles. The van der Waals surface area contributed by atoms with Crippen LogP contribution >= 0.6 is 22.9 Å². The third kappa shape index (κ3) is 2.39. The van der Waals surface area contributed by atoms with E-state index in [0.29, 0.717) is 21.4 Å². The second-order valence-corrected chi connectivity index (χ2v) is 6.64. The Balaban J connectivity index is 1.91. The van der Waals surface area contributed by atoms with Crippen LogP contribution in [0, 0.1) is 0 Å². The first-order valence-electron chi connectivity index (χ1n) is 5.48. The van der Waals surface area contributed by atoms with Crippen molar-refractivity contribution in [2.24, 2.45) is 0 Å². The van der Waals surface area contributed by atoms with E-state index in [1.165, 1.54) is 11.3 Å². The predicted molar refractivity (Wildman–Crippen MR) is 79.0 cm³/mol. The van der Waals surface area contributed by atoms with E-state index < -0.39 is 10.8 Å². The van der Waals surface area contributed by atoms with Crippen molar-refractivity contribution in [3.05, 3.63) is 46.7 Å². The van der Waals surface area contributed by atoms with Crippen LogP contribution in [0.3, 0.4) is 0 Å². The number of nitrogen functional groups attached to an aromatic ring is 1. The molecule has 19 heavy (non-hydrogen) atoms. The number of benzene rings is 1. The minimum absolute atomic E-state index is 0.308.